The molecule has 1 unspecified atom stereocenters. The van der Waals surface area contributed by atoms with Crippen LogP contribution in [0.3, 0.4) is 0 Å². The van der Waals surface area contributed by atoms with E-state index in [1.54, 1.807) is 19.2 Å². The minimum atomic E-state index is -0.954. The summed E-state index contributed by atoms with van der Waals surface area (Å²) < 4.78 is 26.2. The zero-order valence-electron chi connectivity index (χ0n) is 21.2. The highest BCUT2D eigenvalue weighted by molar-refractivity contribution is 5.71. The van der Waals surface area contributed by atoms with Crippen molar-refractivity contribution < 1.29 is 28.6 Å². The maximum absolute atomic E-state index is 14.8. The quantitative estimate of drug-likeness (QED) is 0.298. The minimum Gasteiger partial charge on any atom is -0.497 e. The maximum Gasteiger partial charge on any atom is 0.303 e. The number of hydrogen-bond acceptors (Lipinski definition) is 4. The molecule has 190 valence electrons. The van der Waals surface area contributed by atoms with Crippen LogP contribution in [0.2, 0.25) is 0 Å². The van der Waals surface area contributed by atoms with Gasteiger partial charge < -0.3 is 19.4 Å². The Morgan fingerprint density at radius 2 is 1.72 bits per heavy atom. The largest absolute Gasteiger partial charge is 0.497 e. The Morgan fingerprint density at radius 3 is 2.39 bits per heavy atom. The van der Waals surface area contributed by atoms with Gasteiger partial charge >= 0.3 is 5.97 Å². The van der Waals surface area contributed by atoms with Gasteiger partial charge in [0.15, 0.2) is 0 Å². The summed E-state index contributed by atoms with van der Waals surface area (Å²) in [4.78, 5) is 22.5. The van der Waals surface area contributed by atoms with Gasteiger partial charge in [-0.15, -0.1) is 0 Å². The highest BCUT2D eigenvalue weighted by Gasteiger charge is 2.20. The Hall–Kier alpha value is -3.67. The van der Waals surface area contributed by atoms with E-state index in [1.807, 2.05) is 42.5 Å². The van der Waals surface area contributed by atoms with Crippen LogP contribution in [0.15, 0.2) is 60.7 Å². The number of carbonyl (C=O) groups excluding carboxylic acids is 1. The molecule has 3 aromatic rings. The third-order valence-electron chi connectivity index (χ3n) is 5.95. The molecule has 0 radical (unpaired) electrons. The highest BCUT2D eigenvalue weighted by Crippen LogP contribution is 2.36. The number of benzene rings is 3. The number of carbonyl (C=O) groups is 2. The molecule has 0 aliphatic rings. The summed E-state index contributed by atoms with van der Waals surface area (Å²) in [6, 6.07) is 17.7. The van der Waals surface area contributed by atoms with E-state index in [0.29, 0.717) is 23.5 Å². The Balaban J connectivity index is 1.93. The Kier molecular flexibility index (Phi) is 8.86. The maximum atomic E-state index is 14.8. The van der Waals surface area contributed by atoms with E-state index < -0.39 is 11.9 Å². The van der Waals surface area contributed by atoms with Crippen molar-refractivity contribution in [2.45, 2.75) is 52.6 Å². The molecule has 6 heteroatoms. The zero-order valence-corrected chi connectivity index (χ0v) is 21.2. The molecule has 1 N–H and O–H groups in total. The monoisotopic (exact) mass is 492 g/mol. The molecule has 36 heavy (non-hydrogen) atoms. The van der Waals surface area contributed by atoms with Gasteiger partial charge in [-0.3, -0.25) is 4.79 Å². The van der Waals surface area contributed by atoms with Crippen LogP contribution >= 0.6 is 0 Å². The molecule has 5 nitrogen and oxygen atoms in total. The first kappa shape index (κ1) is 26.9. The van der Waals surface area contributed by atoms with Gasteiger partial charge in [0.05, 0.1) is 13.5 Å². The number of methoxy groups -OCH3 is 1. The SMILES string of the molecule is COc1ccc(F)c(-c2ccc(OCc3ccccc3C(CC=O)CC(=O)O)cc2CC(C)(C)C)c1. The lowest BCUT2D eigenvalue weighted by Crippen LogP contribution is -2.11. The average molecular weight is 493 g/mol. The van der Waals surface area contributed by atoms with Gasteiger partial charge in [0.2, 0.25) is 0 Å². The predicted octanol–water partition coefficient (Wildman–Crippen LogP) is 6.82. The number of aldehydes is 1. The Morgan fingerprint density at radius 1 is 1.00 bits per heavy atom. The molecular weight excluding hydrogens is 459 g/mol. The van der Waals surface area contributed by atoms with E-state index in [0.717, 1.165) is 28.5 Å². The fourth-order valence-electron chi connectivity index (χ4n) is 4.35. The van der Waals surface area contributed by atoms with Crippen LogP contribution in [0.25, 0.3) is 11.1 Å². The number of carboxylic acids is 1. The summed E-state index contributed by atoms with van der Waals surface area (Å²) in [5.41, 5.74) is 3.76. The molecule has 0 saturated heterocycles. The molecule has 3 rings (SSSR count). The van der Waals surface area contributed by atoms with Gasteiger partial charge in [0.25, 0.3) is 0 Å². The van der Waals surface area contributed by atoms with Crippen molar-refractivity contribution in [3.63, 3.8) is 0 Å². The highest BCUT2D eigenvalue weighted by atomic mass is 19.1. The van der Waals surface area contributed by atoms with E-state index in [-0.39, 0.29) is 30.7 Å². The number of ether oxygens (including phenoxy) is 2. The molecule has 1 atom stereocenters. The van der Waals surface area contributed by atoms with Crippen LogP contribution in [0.5, 0.6) is 11.5 Å². The van der Waals surface area contributed by atoms with Crippen LogP contribution in [0.1, 0.15) is 56.2 Å². The van der Waals surface area contributed by atoms with Crippen LogP contribution in [0, 0.1) is 11.2 Å². The topological polar surface area (TPSA) is 72.8 Å². The van der Waals surface area contributed by atoms with Gasteiger partial charge in [-0.25, -0.2) is 4.39 Å². The first-order valence-electron chi connectivity index (χ1n) is 11.9. The van der Waals surface area contributed by atoms with E-state index in [4.69, 9.17) is 9.47 Å². The van der Waals surface area contributed by atoms with Crippen molar-refractivity contribution in [3.8, 4) is 22.6 Å². The van der Waals surface area contributed by atoms with Gasteiger partial charge in [-0.05, 0) is 64.4 Å². The van der Waals surface area contributed by atoms with Gasteiger partial charge in [0.1, 0.15) is 30.2 Å². The molecule has 0 aromatic heterocycles. The Bertz CT molecular complexity index is 1210. The summed E-state index contributed by atoms with van der Waals surface area (Å²) in [6.07, 6.45) is 1.44. The summed E-state index contributed by atoms with van der Waals surface area (Å²) in [7, 11) is 1.55. The summed E-state index contributed by atoms with van der Waals surface area (Å²) in [6.45, 7) is 6.58. The number of aliphatic carboxylic acids is 1. The van der Waals surface area contributed by atoms with Crippen LogP contribution in [-0.2, 0) is 22.6 Å². The number of carboxylic acid groups (broad SMARTS) is 1. The number of hydrogen-bond donors (Lipinski definition) is 1. The van der Waals surface area contributed by atoms with Gasteiger partial charge in [-0.1, -0.05) is 51.1 Å². The van der Waals surface area contributed by atoms with Gasteiger partial charge in [-0.2, -0.15) is 0 Å². The van der Waals surface area contributed by atoms with E-state index >= 15 is 0 Å². The average Bonchev–Trinajstić information content (AvgIpc) is 2.82. The lowest BCUT2D eigenvalue weighted by molar-refractivity contribution is -0.137. The Labute approximate surface area is 211 Å². The lowest BCUT2D eigenvalue weighted by atomic mass is 9.84. The van der Waals surface area contributed by atoms with E-state index in [9.17, 15) is 19.1 Å². The molecule has 0 aliphatic carbocycles. The number of halogens is 1. The number of rotatable bonds is 11. The third-order valence-corrected chi connectivity index (χ3v) is 5.95. The second kappa shape index (κ2) is 11.8. The second-order valence-corrected chi connectivity index (χ2v) is 10.1. The van der Waals surface area contributed by atoms with Crippen molar-refractivity contribution in [2.24, 2.45) is 5.41 Å². The fraction of sp³-hybridized carbons (Fsp3) is 0.333. The van der Waals surface area contributed by atoms with Crippen LogP contribution < -0.4 is 9.47 Å². The molecule has 0 heterocycles. The summed E-state index contributed by atoms with van der Waals surface area (Å²) in [5.74, 6) is -0.495. The standard InChI is InChI=1S/C30H33FO5/c1-30(2,3)18-22-15-24(9-11-26(22)27-17-23(35-4)10-12-28(27)31)36-19-21-7-5-6-8-25(21)20(13-14-32)16-29(33)34/h5-12,14-15,17,20H,13,16,18-19H2,1-4H3,(H,33,34). The van der Waals surface area contributed by atoms with Crippen molar-refractivity contribution in [1.82, 2.24) is 0 Å². The summed E-state index contributed by atoms with van der Waals surface area (Å²) in [5, 5.41) is 9.28. The minimum absolute atomic E-state index is 0.0474. The van der Waals surface area contributed by atoms with Gasteiger partial charge in [0, 0.05) is 17.9 Å². The zero-order chi connectivity index (χ0) is 26.3. The molecular formula is C30H33FO5. The molecule has 3 aromatic carbocycles. The fourth-order valence-corrected chi connectivity index (χ4v) is 4.35. The first-order chi connectivity index (χ1) is 17.1. The third kappa shape index (κ3) is 7.17. The van der Waals surface area contributed by atoms with Crippen molar-refractivity contribution in [1.29, 1.82) is 0 Å². The van der Waals surface area contributed by atoms with Crippen molar-refractivity contribution in [2.75, 3.05) is 7.11 Å². The van der Waals surface area contributed by atoms with Crippen molar-refractivity contribution in [3.05, 3.63) is 83.2 Å². The molecule has 0 fully saturated rings. The molecule has 0 amide bonds. The van der Waals surface area contributed by atoms with Crippen molar-refractivity contribution >= 4 is 12.3 Å². The van der Waals surface area contributed by atoms with Crippen LogP contribution in [0.4, 0.5) is 4.39 Å². The van der Waals surface area contributed by atoms with E-state index in [1.165, 1.54) is 6.07 Å². The smallest absolute Gasteiger partial charge is 0.303 e. The van der Waals surface area contributed by atoms with E-state index in [2.05, 4.69) is 20.8 Å². The second-order valence-electron chi connectivity index (χ2n) is 10.1. The summed E-state index contributed by atoms with van der Waals surface area (Å²) >= 11 is 0. The predicted molar refractivity (Wildman–Crippen MR) is 138 cm³/mol. The first-order valence-corrected chi connectivity index (χ1v) is 11.9. The lowest BCUT2D eigenvalue weighted by Gasteiger charge is -2.22. The molecule has 0 spiro atoms. The normalized spacial score (nSPS) is 12.1. The van der Waals surface area contributed by atoms with Crippen LogP contribution in [-0.4, -0.2) is 24.5 Å². The molecule has 0 bridgehead atoms. The molecule has 0 aliphatic heterocycles. The molecule has 0 saturated carbocycles.